The Kier molecular flexibility index (Phi) is 5.92. The Hall–Kier alpha value is -2.25. The highest BCUT2D eigenvalue weighted by molar-refractivity contribution is 7.98. The molecule has 3 nitrogen and oxygen atoms in total. The van der Waals surface area contributed by atoms with Crippen LogP contribution in [0.4, 0.5) is 13.2 Å². The lowest BCUT2D eigenvalue weighted by molar-refractivity contribution is -0.137. The minimum atomic E-state index is -4.33. The van der Waals surface area contributed by atoms with Gasteiger partial charge >= 0.3 is 6.18 Å². The van der Waals surface area contributed by atoms with Gasteiger partial charge in [0.25, 0.3) is 0 Å². The first-order valence-electron chi connectivity index (χ1n) is 8.36. The number of hydrogen-bond donors (Lipinski definition) is 1. The zero-order valence-electron chi connectivity index (χ0n) is 14.7. The fourth-order valence-electron chi connectivity index (χ4n) is 2.62. The van der Waals surface area contributed by atoms with Crippen molar-refractivity contribution in [1.29, 1.82) is 0 Å². The van der Waals surface area contributed by atoms with Crippen molar-refractivity contribution >= 4 is 11.8 Å². The molecule has 142 valence electrons. The minimum absolute atomic E-state index is 0.125. The van der Waals surface area contributed by atoms with Crippen LogP contribution in [-0.2, 0) is 25.1 Å². The van der Waals surface area contributed by atoms with E-state index in [0.29, 0.717) is 18.0 Å². The number of alkyl halides is 3. The molecule has 7 heteroatoms. The summed E-state index contributed by atoms with van der Waals surface area (Å²) in [5, 5.41) is 10.3. The van der Waals surface area contributed by atoms with Gasteiger partial charge in [0.1, 0.15) is 0 Å². The SMILES string of the molecule is Cc1ccc(Cn2c(CO)cnc2SCc2ccc(C(F)(F)F)cc2)cc1. The van der Waals surface area contributed by atoms with E-state index in [0.717, 1.165) is 28.4 Å². The van der Waals surface area contributed by atoms with E-state index in [4.69, 9.17) is 0 Å². The van der Waals surface area contributed by atoms with Gasteiger partial charge in [-0.15, -0.1) is 0 Å². The molecular weight excluding hydrogens is 373 g/mol. The minimum Gasteiger partial charge on any atom is -0.390 e. The third-order valence-electron chi connectivity index (χ3n) is 4.17. The number of aliphatic hydroxyl groups is 1. The van der Waals surface area contributed by atoms with Crippen LogP contribution < -0.4 is 0 Å². The average Bonchev–Trinajstić information content (AvgIpc) is 3.03. The van der Waals surface area contributed by atoms with Gasteiger partial charge in [-0.05, 0) is 30.2 Å². The Balaban J connectivity index is 1.73. The number of nitrogens with zero attached hydrogens (tertiary/aromatic N) is 2. The fraction of sp³-hybridized carbons (Fsp3) is 0.250. The Morgan fingerprint density at radius 3 is 2.22 bits per heavy atom. The smallest absolute Gasteiger partial charge is 0.390 e. The van der Waals surface area contributed by atoms with Gasteiger partial charge in [0, 0.05) is 12.3 Å². The van der Waals surface area contributed by atoms with Gasteiger partial charge in [-0.3, -0.25) is 0 Å². The standard InChI is InChI=1S/C20H19F3N2OS/c1-14-2-4-15(5-3-14)11-25-18(12-26)10-24-19(25)27-13-16-6-8-17(9-7-16)20(21,22)23/h2-10,26H,11-13H2,1H3. The largest absolute Gasteiger partial charge is 0.416 e. The number of benzene rings is 2. The van der Waals surface area contributed by atoms with Crippen LogP contribution in [0.5, 0.6) is 0 Å². The molecule has 0 radical (unpaired) electrons. The van der Waals surface area contributed by atoms with Crippen LogP contribution in [-0.4, -0.2) is 14.7 Å². The molecule has 1 aromatic heterocycles. The van der Waals surface area contributed by atoms with Crippen LogP contribution in [0.3, 0.4) is 0 Å². The van der Waals surface area contributed by atoms with E-state index in [2.05, 4.69) is 4.98 Å². The Morgan fingerprint density at radius 2 is 1.63 bits per heavy atom. The Morgan fingerprint density at radius 1 is 1.00 bits per heavy atom. The Labute approximate surface area is 159 Å². The van der Waals surface area contributed by atoms with Gasteiger partial charge in [0.2, 0.25) is 0 Å². The number of rotatable bonds is 6. The summed E-state index contributed by atoms with van der Waals surface area (Å²) in [6.45, 7) is 2.47. The van der Waals surface area contributed by atoms with Gasteiger partial charge in [-0.25, -0.2) is 4.98 Å². The zero-order chi connectivity index (χ0) is 19.4. The third kappa shape index (κ3) is 4.93. The van der Waals surface area contributed by atoms with E-state index in [1.54, 1.807) is 6.20 Å². The summed E-state index contributed by atoms with van der Waals surface area (Å²) in [5.74, 6) is 0.494. The number of hydrogen-bond acceptors (Lipinski definition) is 3. The molecule has 0 aliphatic rings. The predicted octanol–water partition coefficient (Wildman–Crippen LogP) is 5.04. The molecule has 0 aliphatic carbocycles. The molecule has 0 bridgehead atoms. The van der Waals surface area contributed by atoms with Crippen molar-refractivity contribution in [3.05, 3.63) is 82.7 Å². The topological polar surface area (TPSA) is 38.0 Å². The van der Waals surface area contributed by atoms with Crippen molar-refractivity contribution in [2.45, 2.75) is 37.2 Å². The fourth-order valence-corrected chi connectivity index (χ4v) is 3.57. The molecule has 1 N–H and O–H groups in total. The van der Waals surface area contributed by atoms with Crippen molar-refractivity contribution in [3.8, 4) is 0 Å². The second-order valence-electron chi connectivity index (χ2n) is 6.25. The van der Waals surface area contributed by atoms with E-state index >= 15 is 0 Å². The van der Waals surface area contributed by atoms with E-state index in [9.17, 15) is 18.3 Å². The number of thioether (sulfide) groups is 1. The van der Waals surface area contributed by atoms with Crippen LogP contribution in [0.2, 0.25) is 0 Å². The molecule has 1 heterocycles. The quantitative estimate of drug-likeness (QED) is 0.597. The lowest BCUT2D eigenvalue weighted by atomic mass is 10.1. The number of imidazole rings is 1. The van der Waals surface area contributed by atoms with Crippen molar-refractivity contribution < 1.29 is 18.3 Å². The summed E-state index contributed by atoms with van der Waals surface area (Å²) in [7, 11) is 0. The number of aliphatic hydroxyl groups excluding tert-OH is 1. The highest BCUT2D eigenvalue weighted by Crippen LogP contribution is 2.30. The first-order chi connectivity index (χ1) is 12.9. The molecule has 0 amide bonds. The second kappa shape index (κ2) is 8.19. The zero-order valence-corrected chi connectivity index (χ0v) is 15.5. The highest BCUT2D eigenvalue weighted by atomic mass is 32.2. The molecule has 27 heavy (non-hydrogen) atoms. The number of aryl methyl sites for hydroxylation is 1. The van der Waals surface area contributed by atoms with E-state index in [1.807, 2.05) is 35.8 Å². The molecule has 0 fully saturated rings. The molecule has 0 unspecified atom stereocenters. The van der Waals surface area contributed by atoms with Crippen molar-refractivity contribution in [3.63, 3.8) is 0 Å². The number of aromatic nitrogens is 2. The molecule has 3 rings (SSSR count). The van der Waals surface area contributed by atoms with Crippen LogP contribution in [0.1, 0.15) is 27.9 Å². The predicted molar refractivity (Wildman–Crippen MR) is 99.4 cm³/mol. The summed E-state index contributed by atoms with van der Waals surface area (Å²) in [5.41, 5.74) is 3.09. The molecule has 2 aromatic carbocycles. The van der Waals surface area contributed by atoms with E-state index in [1.165, 1.54) is 29.5 Å². The van der Waals surface area contributed by atoms with Crippen LogP contribution in [0, 0.1) is 6.92 Å². The summed E-state index contributed by atoms with van der Waals surface area (Å²) >= 11 is 1.43. The van der Waals surface area contributed by atoms with E-state index < -0.39 is 11.7 Å². The first kappa shape index (κ1) is 19.5. The van der Waals surface area contributed by atoms with Gasteiger partial charge in [0.15, 0.2) is 5.16 Å². The summed E-state index contributed by atoms with van der Waals surface area (Å²) in [6, 6.07) is 13.3. The molecule has 0 spiro atoms. The third-order valence-corrected chi connectivity index (χ3v) is 5.24. The van der Waals surface area contributed by atoms with Crippen LogP contribution in [0.25, 0.3) is 0 Å². The van der Waals surface area contributed by atoms with Crippen LogP contribution in [0.15, 0.2) is 59.9 Å². The average molecular weight is 392 g/mol. The van der Waals surface area contributed by atoms with Crippen molar-refractivity contribution in [2.75, 3.05) is 0 Å². The molecule has 0 saturated carbocycles. The van der Waals surface area contributed by atoms with Gasteiger partial charge in [0.05, 0.1) is 24.1 Å². The molecule has 0 atom stereocenters. The lowest BCUT2D eigenvalue weighted by Gasteiger charge is -2.11. The van der Waals surface area contributed by atoms with Crippen molar-refractivity contribution in [1.82, 2.24) is 9.55 Å². The summed E-state index contributed by atoms with van der Waals surface area (Å²) in [6.07, 6.45) is -2.70. The summed E-state index contributed by atoms with van der Waals surface area (Å²) in [4.78, 5) is 4.36. The molecular formula is C20H19F3N2OS. The molecule has 0 aliphatic heterocycles. The summed E-state index contributed by atoms with van der Waals surface area (Å²) < 4.78 is 39.9. The lowest BCUT2D eigenvalue weighted by Crippen LogP contribution is -2.06. The highest BCUT2D eigenvalue weighted by Gasteiger charge is 2.29. The molecule has 0 saturated heterocycles. The van der Waals surface area contributed by atoms with Gasteiger partial charge in [-0.2, -0.15) is 13.2 Å². The van der Waals surface area contributed by atoms with Gasteiger partial charge < -0.3 is 9.67 Å². The normalized spacial score (nSPS) is 11.7. The maximum atomic E-state index is 12.7. The first-order valence-corrected chi connectivity index (χ1v) is 9.35. The Bertz CT molecular complexity index is 887. The van der Waals surface area contributed by atoms with E-state index in [-0.39, 0.29) is 6.61 Å². The molecule has 3 aromatic rings. The monoisotopic (exact) mass is 392 g/mol. The maximum Gasteiger partial charge on any atom is 0.416 e. The van der Waals surface area contributed by atoms with Crippen LogP contribution >= 0.6 is 11.8 Å². The maximum absolute atomic E-state index is 12.7. The number of halogens is 3. The second-order valence-corrected chi connectivity index (χ2v) is 7.19. The van der Waals surface area contributed by atoms with Gasteiger partial charge in [-0.1, -0.05) is 53.7 Å². The van der Waals surface area contributed by atoms with Crippen molar-refractivity contribution in [2.24, 2.45) is 0 Å².